The van der Waals surface area contributed by atoms with Crippen molar-refractivity contribution in [2.75, 3.05) is 5.32 Å². The number of benzene rings is 2. The molecule has 7 heteroatoms. The lowest BCUT2D eigenvalue weighted by Gasteiger charge is -2.24. The molecule has 2 aromatic carbocycles. The summed E-state index contributed by atoms with van der Waals surface area (Å²) < 4.78 is 0. The van der Waals surface area contributed by atoms with Crippen molar-refractivity contribution in [2.24, 2.45) is 10.2 Å². The quantitative estimate of drug-likeness (QED) is 0.815. The smallest absolute Gasteiger partial charge is 0.261 e. The zero-order valence-corrected chi connectivity index (χ0v) is 14.2. The third-order valence-electron chi connectivity index (χ3n) is 4.47. The molecule has 0 aromatic heterocycles. The number of carbonyl (C=O) groups excluding carboxylic acids is 1. The second-order valence-corrected chi connectivity index (χ2v) is 6.91. The fourth-order valence-electron chi connectivity index (χ4n) is 3.25. The number of fused-ring (bicyclic) bond motifs is 2. The Morgan fingerprint density at radius 1 is 1.25 bits per heavy atom. The molecule has 2 aliphatic heterocycles. The number of halogens is 2. The van der Waals surface area contributed by atoms with Gasteiger partial charge in [0.2, 0.25) is 0 Å². The van der Waals surface area contributed by atoms with E-state index in [1.807, 2.05) is 25.1 Å². The number of anilines is 1. The molecule has 0 bridgehead atoms. The molecule has 24 heavy (non-hydrogen) atoms. The minimum absolute atomic E-state index is 0.0471. The number of rotatable bonds is 2. The Labute approximate surface area is 148 Å². The lowest BCUT2D eigenvalue weighted by molar-refractivity contribution is -0.134. The van der Waals surface area contributed by atoms with Crippen LogP contribution in [0.1, 0.15) is 29.2 Å². The van der Waals surface area contributed by atoms with Crippen molar-refractivity contribution >= 4 is 40.5 Å². The van der Waals surface area contributed by atoms with E-state index < -0.39 is 17.6 Å². The van der Waals surface area contributed by atoms with Crippen LogP contribution in [0.15, 0.2) is 40.6 Å². The number of hydrogen-bond donors (Lipinski definition) is 2. The Kier molecular flexibility index (Phi) is 3.42. The van der Waals surface area contributed by atoms with Crippen LogP contribution in [0.4, 0.5) is 11.4 Å². The Bertz CT molecular complexity index is 913. The normalized spacial score (nSPS) is 24.0. The summed E-state index contributed by atoms with van der Waals surface area (Å²) in [4.78, 5) is 12.5. The summed E-state index contributed by atoms with van der Waals surface area (Å²) in [7, 11) is 0. The summed E-state index contributed by atoms with van der Waals surface area (Å²) in [6.45, 7) is 1.97. The van der Waals surface area contributed by atoms with Gasteiger partial charge >= 0.3 is 0 Å². The second kappa shape index (κ2) is 5.28. The number of aryl methyl sites for hydroxylation is 1. The molecule has 1 amide bonds. The Hall–Kier alpha value is -1.95. The molecule has 0 radical (unpaired) electrons. The van der Waals surface area contributed by atoms with Gasteiger partial charge in [-0.3, -0.25) is 4.79 Å². The molecule has 2 unspecified atom stereocenters. The van der Waals surface area contributed by atoms with Crippen molar-refractivity contribution in [1.82, 2.24) is 0 Å². The van der Waals surface area contributed by atoms with E-state index in [9.17, 15) is 9.90 Å². The molecule has 2 aromatic rings. The highest BCUT2D eigenvalue weighted by Gasteiger charge is 2.49. The molecule has 122 valence electrons. The largest absolute Gasteiger partial charge is 0.375 e. The van der Waals surface area contributed by atoms with Crippen LogP contribution in [0.2, 0.25) is 10.0 Å². The van der Waals surface area contributed by atoms with Crippen molar-refractivity contribution in [3.8, 4) is 0 Å². The van der Waals surface area contributed by atoms with Gasteiger partial charge < -0.3 is 10.4 Å². The van der Waals surface area contributed by atoms with Gasteiger partial charge in [-0.15, -0.1) is 0 Å². The summed E-state index contributed by atoms with van der Waals surface area (Å²) in [5.74, 6) is -0.553. The van der Waals surface area contributed by atoms with Gasteiger partial charge in [0.1, 0.15) is 6.04 Å². The molecule has 2 heterocycles. The molecule has 2 aliphatic rings. The fourth-order valence-corrected chi connectivity index (χ4v) is 3.77. The molecular weight excluding hydrogens is 349 g/mol. The monoisotopic (exact) mass is 361 g/mol. The SMILES string of the molecule is Cc1ccc2c(c1)N=NC2CC1(O)C(=O)Nc2c(Cl)ccc(Cl)c21. The van der Waals surface area contributed by atoms with Crippen LogP contribution in [0, 0.1) is 6.92 Å². The van der Waals surface area contributed by atoms with Crippen molar-refractivity contribution in [2.45, 2.75) is 25.0 Å². The lowest BCUT2D eigenvalue weighted by atomic mass is 9.86. The second-order valence-electron chi connectivity index (χ2n) is 6.09. The molecule has 0 spiro atoms. The summed E-state index contributed by atoms with van der Waals surface area (Å²) in [6.07, 6.45) is 0.0471. The number of carbonyl (C=O) groups is 1. The van der Waals surface area contributed by atoms with Gasteiger partial charge in [0.05, 0.1) is 16.4 Å². The standard InChI is InChI=1S/C17H13Cl2N3O2/c1-8-2-3-9-12(6-8)21-22-13(9)7-17(24)14-10(18)4-5-11(19)15(14)20-16(17)23/h2-6,13,24H,7H2,1H3,(H,20,23). The van der Waals surface area contributed by atoms with Gasteiger partial charge in [-0.2, -0.15) is 10.2 Å². The maximum Gasteiger partial charge on any atom is 0.261 e. The lowest BCUT2D eigenvalue weighted by Crippen LogP contribution is -2.35. The molecule has 2 N–H and O–H groups in total. The number of hydrogen-bond acceptors (Lipinski definition) is 4. The summed E-state index contributed by atoms with van der Waals surface area (Å²) >= 11 is 12.4. The fraction of sp³-hybridized carbons (Fsp3) is 0.235. The van der Waals surface area contributed by atoms with E-state index in [-0.39, 0.29) is 11.4 Å². The van der Waals surface area contributed by atoms with Gasteiger partial charge in [0.15, 0.2) is 5.60 Å². The number of aliphatic hydroxyl groups is 1. The minimum Gasteiger partial charge on any atom is -0.375 e. The van der Waals surface area contributed by atoms with Crippen LogP contribution in [-0.2, 0) is 10.4 Å². The molecule has 0 aliphatic carbocycles. The Morgan fingerprint density at radius 2 is 2.00 bits per heavy atom. The first-order valence-electron chi connectivity index (χ1n) is 7.44. The van der Waals surface area contributed by atoms with Gasteiger partial charge in [-0.05, 0) is 30.7 Å². The predicted octanol–water partition coefficient (Wildman–Crippen LogP) is 4.67. The first kappa shape index (κ1) is 15.6. The van der Waals surface area contributed by atoms with E-state index in [2.05, 4.69) is 15.5 Å². The number of nitrogens with one attached hydrogen (secondary N) is 1. The van der Waals surface area contributed by atoms with E-state index in [0.717, 1.165) is 16.8 Å². The highest BCUT2D eigenvalue weighted by molar-refractivity contribution is 6.38. The highest BCUT2D eigenvalue weighted by Crippen LogP contribution is 2.50. The zero-order valence-electron chi connectivity index (χ0n) is 12.7. The van der Waals surface area contributed by atoms with Crippen LogP contribution in [0.3, 0.4) is 0 Å². The van der Waals surface area contributed by atoms with Crippen molar-refractivity contribution in [1.29, 1.82) is 0 Å². The maximum absolute atomic E-state index is 12.5. The van der Waals surface area contributed by atoms with E-state index >= 15 is 0 Å². The average molecular weight is 362 g/mol. The maximum atomic E-state index is 12.5. The van der Waals surface area contributed by atoms with E-state index in [1.165, 1.54) is 0 Å². The van der Waals surface area contributed by atoms with E-state index in [0.29, 0.717) is 16.3 Å². The number of nitrogens with zero attached hydrogens (tertiary/aromatic N) is 2. The van der Waals surface area contributed by atoms with Crippen LogP contribution in [0.25, 0.3) is 0 Å². The van der Waals surface area contributed by atoms with Crippen LogP contribution >= 0.6 is 23.2 Å². The highest BCUT2D eigenvalue weighted by atomic mass is 35.5. The van der Waals surface area contributed by atoms with E-state index in [1.54, 1.807) is 12.1 Å². The third-order valence-corrected chi connectivity index (χ3v) is 5.10. The molecule has 4 rings (SSSR count). The van der Waals surface area contributed by atoms with Gasteiger partial charge in [-0.25, -0.2) is 0 Å². The predicted molar refractivity (Wildman–Crippen MR) is 92.0 cm³/mol. The molecular formula is C17H13Cl2N3O2. The van der Waals surface area contributed by atoms with Crippen LogP contribution < -0.4 is 5.32 Å². The number of azo groups is 1. The average Bonchev–Trinajstić information content (AvgIpc) is 3.04. The summed E-state index contributed by atoms with van der Waals surface area (Å²) in [5.41, 5.74) is 1.58. The zero-order chi connectivity index (χ0) is 17.1. The van der Waals surface area contributed by atoms with Gasteiger partial charge in [0.25, 0.3) is 5.91 Å². The van der Waals surface area contributed by atoms with Crippen LogP contribution in [-0.4, -0.2) is 11.0 Å². The van der Waals surface area contributed by atoms with Crippen molar-refractivity contribution in [3.63, 3.8) is 0 Å². The molecule has 2 atom stereocenters. The van der Waals surface area contributed by atoms with Crippen molar-refractivity contribution in [3.05, 3.63) is 57.1 Å². The Balaban J connectivity index is 1.76. The van der Waals surface area contributed by atoms with Gasteiger partial charge in [0, 0.05) is 22.6 Å². The van der Waals surface area contributed by atoms with E-state index in [4.69, 9.17) is 23.2 Å². The molecule has 0 fully saturated rings. The molecule has 0 saturated carbocycles. The summed E-state index contributed by atoms with van der Waals surface area (Å²) in [6, 6.07) is 8.54. The minimum atomic E-state index is -1.80. The molecule has 5 nitrogen and oxygen atoms in total. The molecule has 0 saturated heterocycles. The van der Waals surface area contributed by atoms with Gasteiger partial charge in [-0.1, -0.05) is 35.3 Å². The van der Waals surface area contributed by atoms with Crippen molar-refractivity contribution < 1.29 is 9.90 Å². The number of amides is 1. The van der Waals surface area contributed by atoms with Crippen LogP contribution in [0.5, 0.6) is 0 Å². The topological polar surface area (TPSA) is 74.0 Å². The Morgan fingerprint density at radius 3 is 2.79 bits per heavy atom. The summed E-state index contributed by atoms with van der Waals surface area (Å²) in [5, 5.41) is 22.7. The first-order chi connectivity index (χ1) is 11.4. The first-order valence-corrected chi connectivity index (χ1v) is 8.19. The third kappa shape index (κ3) is 2.16.